The molecule has 38 heavy (non-hydrogen) atoms. The molecular weight excluding hydrogens is 490 g/mol. The van der Waals surface area contributed by atoms with Crippen molar-refractivity contribution in [1.82, 2.24) is 5.32 Å². The predicted molar refractivity (Wildman–Crippen MR) is 139 cm³/mol. The van der Waals surface area contributed by atoms with Gasteiger partial charge in [-0.15, -0.1) is 0 Å². The topological polar surface area (TPSA) is 168 Å². The molecule has 0 aromatic carbocycles. The molecule has 0 aliphatic heterocycles. The number of carbonyl (C=O) groups excluding carboxylic acids is 3. The summed E-state index contributed by atoms with van der Waals surface area (Å²) in [6.45, 7) is 5.58. The van der Waals surface area contributed by atoms with Crippen molar-refractivity contribution in [1.29, 1.82) is 0 Å². The second-order valence-electron chi connectivity index (χ2n) is 12.2. The van der Waals surface area contributed by atoms with E-state index in [1.165, 1.54) is 12.5 Å². The number of nitrogens with zero attached hydrogens (tertiary/aromatic N) is 1. The van der Waals surface area contributed by atoms with E-state index in [4.69, 9.17) is 10.6 Å². The summed E-state index contributed by atoms with van der Waals surface area (Å²) < 4.78 is 0. The minimum atomic E-state index is -1.25. The predicted octanol–water partition coefficient (Wildman–Crippen LogP) is 2.48. The number of primary amides is 1. The summed E-state index contributed by atoms with van der Waals surface area (Å²) in [5.41, 5.74) is 5.64. The summed E-state index contributed by atoms with van der Waals surface area (Å²) in [5.74, 6) is -1.28. The SMILES string of the molecule is CC(=O)[C@@]1(O)CC[C@@H]2[C@@H]3CCC4=CC(=NOCC(=O)N[C@@H](CCC(N)=O)C(=O)O)CC[C@]4(C)[C@H]3CC[C@@]21C. The van der Waals surface area contributed by atoms with Crippen LogP contribution in [0.15, 0.2) is 16.8 Å². The Labute approximate surface area is 223 Å². The number of hydrogen-bond acceptors (Lipinski definition) is 7. The molecule has 5 N–H and O–H groups in total. The van der Waals surface area contributed by atoms with Gasteiger partial charge >= 0.3 is 5.97 Å². The summed E-state index contributed by atoms with van der Waals surface area (Å²) in [6, 6.07) is -1.22. The number of aliphatic hydroxyl groups is 1. The number of aliphatic carboxylic acids is 1. The summed E-state index contributed by atoms with van der Waals surface area (Å²) in [4.78, 5) is 52.1. The zero-order chi connectivity index (χ0) is 27.9. The van der Waals surface area contributed by atoms with Crippen LogP contribution in [0.4, 0.5) is 0 Å². The van der Waals surface area contributed by atoms with Gasteiger partial charge in [-0.1, -0.05) is 24.6 Å². The summed E-state index contributed by atoms with van der Waals surface area (Å²) in [5, 5.41) is 27.0. The van der Waals surface area contributed by atoms with Crippen LogP contribution in [0, 0.1) is 28.6 Å². The van der Waals surface area contributed by atoms with E-state index in [-0.39, 0.29) is 29.5 Å². The Hall–Kier alpha value is -2.75. The summed E-state index contributed by atoms with van der Waals surface area (Å²) in [6.07, 6.45) is 8.75. The highest BCUT2D eigenvalue weighted by Crippen LogP contribution is 2.67. The molecule has 2 amide bonds. The van der Waals surface area contributed by atoms with E-state index in [1.54, 1.807) is 0 Å². The van der Waals surface area contributed by atoms with Gasteiger partial charge in [-0.2, -0.15) is 0 Å². The van der Waals surface area contributed by atoms with Gasteiger partial charge in [-0.3, -0.25) is 14.4 Å². The molecule has 3 saturated carbocycles. The van der Waals surface area contributed by atoms with Gasteiger partial charge in [0.2, 0.25) is 5.91 Å². The van der Waals surface area contributed by atoms with E-state index < -0.39 is 36.0 Å². The van der Waals surface area contributed by atoms with Gasteiger partial charge in [0, 0.05) is 11.8 Å². The first-order valence-corrected chi connectivity index (χ1v) is 13.8. The molecule has 0 bridgehead atoms. The third-order valence-corrected chi connectivity index (χ3v) is 10.4. The van der Waals surface area contributed by atoms with Crippen molar-refractivity contribution in [3.05, 3.63) is 11.6 Å². The smallest absolute Gasteiger partial charge is 0.326 e. The molecule has 0 unspecified atom stereocenters. The molecule has 4 aliphatic carbocycles. The van der Waals surface area contributed by atoms with E-state index in [0.29, 0.717) is 30.6 Å². The first-order chi connectivity index (χ1) is 17.8. The lowest BCUT2D eigenvalue weighted by atomic mass is 9.46. The number of Topliss-reactive ketones (excluding diaryl/α,β-unsaturated/α-hetero) is 1. The van der Waals surface area contributed by atoms with Crippen LogP contribution >= 0.6 is 0 Å². The van der Waals surface area contributed by atoms with Crippen LogP contribution in [0.1, 0.15) is 85.0 Å². The lowest BCUT2D eigenvalue weighted by Crippen LogP contribution is -2.57. The van der Waals surface area contributed by atoms with Gasteiger partial charge in [0.05, 0.1) is 5.71 Å². The largest absolute Gasteiger partial charge is 0.480 e. The zero-order valence-corrected chi connectivity index (χ0v) is 22.6. The Morgan fingerprint density at radius 1 is 1.13 bits per heavy atom. The van der Waals surface area contributed by atoms with E-state index in [2.05, 4.69) is 30.4 Å². The molecule has 10 heteroatoms. The van der Waals surface area contributed by atoms with Crippen LogP contribution in [-0.2, 0) is 24.0 Å². The monoisotopic (exact) mass is 531 g/mol. The van der Waals surface area contributed by atoms with Crippen molar-refractivity contribution < 1.29 is 34.2 Å². The molecule has 0 aromatic heterocycles. The maximum atomic E-state index is 12.4. The molecule has 0 radical (unpaired) electrons. The van der Waals surface area contributed by atoms with Crippen molar-refractivity contribution in [2.75, 3.05) is 6.61 Å². The Kier molecular flexibility index (Phi) is 7.76. The molecule has 10 nitrogen and oxygen atoms in total. The standard InChI is InChI=1S/C28H41N3O7/c1-16(32)28(37)13-10-21-19-5-4-17-14-18(8-11-26(17,2)20(19)9-12-27(21,28)3)31-38-15-24(34)30-22(25(35)36)6-7-23(29)33/h14,19-22,37H,4-13,15H2,1-3H3,(H2,29,33)(H,30,34)(H,35,36)/t19-,20+,21-,22+,26+,27+,28+/m1/s1. The number of oxime groups is 1. The Morgan fingerprint density at radius 3 is 2.50 bits per heavy atom. The minimum Gasteiger partial charge on any atom is -0.480 e. The van der Waals surface area contributed by atoms with Crippen molar-refractivity contribution >= 4 is 29.3 Å². The van der Waals surface area contributed by atoms with Crippen LogP contribution in [0.3, 0.4) is 0 Å². The highest BCUT2D eigenvalue weighted by atomic mass is 16.6. The number of allylic oxidation sites excluding steroid dienone is 2. The van der Waals surface area contributed by atoms with E-state index in [1.807, 2.05) is 0 Å². The molecule has 7 atom stereocenters. The fourth-order valence-corrected chi connectivity index (χ4v) is 8.19. The number of rotatable bonds is 9. The lowest BCUT2D eigenvalue weighted by Gasteiger charge is -2.59. The van der Waals surface area contributed by atoms with Crippen molar-refractivity contribution in [2.45, 2.75) is 96.6 Å². The van der Waals surface area contributed by atoms with Crippen LogP contribution < -0.4 is 11.1 Å². The minimum absolute atomic E-state index is 0.0344. The average Bonchev–Trinajstić information content (AvgIpc) is 3.13. The highest BCUT2D eigenvalue weighted by Gasteiger charge is 2.65. The quantitative estimate of drug-likeness (QED) is 0.331. The van der Waals surface area contributed by atoms with Crippen molar-refractivity contribution in [3.8, 4) is 0 Å². The highest BCUT2D eigenvalue weighted by molar-refractivity contribution is 5.96. The number of amides is 2. The third kappa shape index (κ3) is 4.87. The number of ketones is 1. The molecule has 210 valence electrons. The number of carboxylic acid groups (broad SMARTS) is 1. The number of carboxylic acids is 1. The third-order valence-electron chi connectivity index (χ3n) is 10.4. The van der Waals surface area contributed by atoms with Gasteiger partial charge in [0.1, 0.15) is 11.6 Å². The number of carbonyl (C=O) groups is 4. The Morgan fingerprint density at radius 2 is 1.84 bits per heavy atom. The zero-order valence-electron chi connectivity index (χ0n) is 22.6. The van der Waals surface area contributed by atoms with Crippen molar-refractivity contribution in [2.24, 2.45) is 39.5 Å². The van der Waals surface area contributed by atoms with E-state index in [9.17, 15) is 29.4 Å². The molecular formula is C28H41N3O7. The van der Waals surface area contributed by atoms with Crippen LogP contribution in [0.2, 0.25) is 0 Å². The van der Waals surface area contributed by atoms with Crippen molar-refractivity contribution in [3.63, 3.8) is 0 Å². The van der Waals surface area contributed by atoms with Gasteiger partial charge in [0.25, 0.3) is 5.91 Å². The molecule has 0 heterocycles. The average molecular weight is 532 g/mol. The van der Waals surface area contributed by atoms with Crippen LogP contribution in [0.5, 0.6) is 0 Å². The van der Waals surface area contributed by atoms with Gasteiger partial charge in [0.15, 0.2) is 12.4 Å². The second kappa shape index (κ2) is 10.4. The molecule has 4 rings (SSSR count). The maximum Gasteiger partial charge on any atom is 0.326 e. The maximum absolute atomic E-state index is 12.4. The van der Waals surface area contributed by atoms with Gasteiger partial charge in [-0.25, -0.2) is 4.79 Å². The van der Waals surface area contributed by atoms with Gasteiger partial charge < -0.3 is 26.1 Å². The normalized spacial score (nSPS) is 37.7. The van der Waals surface area contributed by atoms with Gasteiger partial charge in [-0.05, 0) is 94.0 Å². The lowest BCUT2D eigenvalue weighted by molar-refractivity contribution is -0.159. The van der Waals surface area contributed by atoms with E-state index in [0.717, 1.165) is 44.2 Å². The molecule has 0 saturated heterocycles. The van der Waals surface area contributed by atoms with E-state index >= 15 is 0 Å². The number of nitrogens with one attached hydrogen (secondary N) is 1. The molecule has 0 aromatic rings. The Balaban J connectivity index is 1.38. The summed E-state index contributed by atoms with van der Waals surface area (Å²) in [7, 11) is 0. The summed E-state index contributed by atoms with van der Waals surface area (Å²) >= 11 is 0. The van der Waals surface area contributed by atoms with Crippen LogP contribution in [-0.4, -0.2) is 57.7 Å². The Bertz CT molecular complexity index is 1070. The fraction of sp³-hybridized carbons (Fsp3) is 0.750. The molecule has 0 spiro atoms. The molecule has 4 aliphatic rings. The first kappa shape index (κ1) is 28.3. The second-order valence-corrected chi connectivity index (χ2v) is 12.2. The number of nitrogens with two attached hydrogens (primary N) is 1. The fourth-order valence-electron chi connectivity index (χ4n) is 8.19. The molecule has 3 fully saturated rings. The number of hydrogen-bond donors (Lipinski definition) is 4. The number of fused-ring (bicyclic) bond motifs is 5. The van der Waals surface area contributed by atoms with Crippen LogP contribution in [0.25, 0.3) is 0 Å². The first-order valence-electron chi connectivity index (χ1n) is 13.8.